The molecule has 0 aliphatic heterocycles. The van der Waals surface area contributed by atoms with Crippen molar-refractivity contribution in [2.45, 2.75) is 32.8 Å². The molecular formula is C20H23BrN2O3. The molecule has 0 unspecified atom stereocenters. The van der Waals surface area contributed by atoms with Crippen LogP contribution in [0.4, 0.5) is 10.5 Å². The molecule has 0 atom stereocenters. The number of carbonyl (C=O) groups excluding carboxylic acids is 2. The Balaban J connectivity index is 1.81. The molecule has 5 nitrogen and oxygen atoms in total. The van der Waals surface area contributed by atoms with E-state index in [1.165, 1.54) is 0 Å². The number of hydrogen-bond acceptors (Lipinski definition) is 3. The molecule has 0 radical (unpaired) electrons. The highest BCUT2D eigenvalue weighted by atomic mass is 79.9. The third kappa shape index (κ3) is 6.88. The van der Waals surface area contributed by atoms with Crippen molar-refractivity contribution in [2.75, 3.05) is 11.9 Å². The summed E-state index contributed by atoms with van der Waals surface area (Å²) in [5.41, 5.74) is 1.88. The summed E-state index contributed by atoms with van der Waals surface area (Å²) in [7, 11) is 0. The molecule has 0 aliphatic carbocycles. The van der Waals surface area contributed by atoms with Crippen molar-refractivity contribution in [1.29, 1.82) is 0 Å². The van der Waals surface area contributed by atoms with Crippen molar-refractivity contribution in [3.05, 3.63) is 64.1 Å². The standard InChI is InChI=1S/C20H23BrN2O3/c1-20(2,3)26-19(25)22-13-12-14-4-10-17(11-5-14)23-18(24)15-6-8-16(21)9-7-15/h4-11H,12-13H2,1-3H3,(H,22,25)(H,23,24). The summed E-state index contributed by atoms with van der Waals surface area (Å²) < 4.78 is 6.12. The minimum Gasteiger partial charge on any atom is -0.444 e. The number of hydrogen-bond donors (Lipinski definition) is 2. The van der Waals surface area contributed by atoms with Crippen LogP contribution in [0.2, 0.25) is 0 Å². The van der Waals surface area contributed by atoms with E-state index in [1.54, 1.807) is 12.1 Å². The number of alkyl carbamates (subject to hydrolysis) is 1. The van der Waals surface area contributed by atoms with E-state index in [9.17, 15) is 9.59 Å². The summed E-state index contributed by atoms with van der Waals surface area (Å²) >= 11 is 3.35. The van der Waals surface area contributed by atoms with Gasteiger partial charge in [-0.15, -0.1) is 0 Å². The lowest BCUT2D eigenvalue weighted by Gasteiger charge is -2.19. The van der Waals surface area contributed by atoms with Gasteiger partial charge in [0.1, 0.15) is 5.60 Å². The Labute approximate surface area is 162 Å². The van der Waals surface area contributed by atoms with E-state index in [0.29, 0.717) is 18.5 Å². The number of halogens is 1. The second-order valence-corrected chi connectivity index (χ2v) is 7.75. The van der Waals surface area contributed by atoms with Gasteiger partial charge in [0.25, 0.3) is 5.91 Å². The van der Waals surface area contributed by atoms with E-state index in [2.05, 4.69) is 26.6 Å². The second kappa shape index (κ2) is 8.85. The van der Waals surface area contributed by atoms with Crippen LogP contribution in [0.5, 0.6) is 0 Å². The molecule has 0 spiro atoms. The van der Waals surface area contributed by atoms with Crippen LogP contribution in [-0.4, -0.2) is 24.1 Å². The van der Waals surface area contributed by atoms with Crippen LogP contribution >= 0.6 is 15.9 Å². The van der Waals surface area contributed by atoms with Gasteiger partial charge in [-0.25, -0.2) is 4.79 Å². The maximum absolute atomic E-state index is 12.2. The van der Waals surface area contributed by atoms with E-state index < -0.39 is 11.7 Å². The first-order chi connectivity index (χ1) is 12.2. The average molecular weight is 419 g/mol. The molecular weight excluding hydrogens is 396 g/mol. The number of nitrogens with one attached hydrogen (secondary N) is 2. The van der Waals surface area contributed by atoms with Gasteiger partial charge in [0.15, 0.2) is 0 Å². The highest BCUT2D eigenvalue weighted by molar-refractivity contribution is 9.10. The minimum atomic E-state index is -0.501. The molecule has 0 saturated heterocycles. The Hall–Kier alpha value is -2.34. The predicted molar refractivity (Wildman–Crippen MR) is 106 cm³/mol. The molecule has 0 heterocycles. The molecule has 0 aliphatic rings. The maximum Gasteiger partial charge on any atom is 0.407 e. The lowest BCUT2D eigenvalue weighted by molar-refractivity contribution is 0.0528. The highest BCUT2D eigenvalue weighted by Gasteiger charge is 2.15. The molecule has 2 aromatic rings. The van der Waals surface area contributed by atoms with Gasteiger partial charge in [0.05, 0.1) is 0 Å². The minimum absolute atomic E-state index is 0.156. The van der Waals surface area contributed by atoms with Crippen molar-refractivity contribution >= 4 is 33.6 Å². The number of carbonyl (C=O) groups is 2. The van der Waals surface area contributed by atoms with Gasteiger partial charge >= 0.3 is 6.09 Å². The number of amides is 2. The fourth-order valence-electron chi connectivity index (χ4n) is 2.18. The first-order valence-electron chi connectivity index (χ1n) is 8.36. The molecule has 2 N–H and O–H groups in total. The zero-order valence-corrected chi connectivity index (χ0v) is 16.7. The number of anilines is 1. The van der Waals surface area contributed by atoms with Gasteiger partial charge in [-0.05, 0) is 69.2 Å². The third-order valence-corrected chi connectivity index (χ3v) is 3.93. The highest BCUT2D eigenvalue weighted by Crippen LogP contribution is 2.14. The van der Waals surface area contributed by atoms with Crippen LogP contribution in [0.3, 0.4) is 0 Å². The monoisotopic (exact) mass is 418 g/mol. The molecule has 0 saturated carbocycles. The van der Waals surface area contributed by atoms with Crippen molar-refractivity contribution in [2.24, 2.45) is 0 Å². The van der Waals surface area contributed by atoms with Crippen LogP contribution in [0, 0.1) is 0 Å². The lowest BCUT2D eigenvalue weighted by Crippen LogP contribution is -2.33. The fraction of sp³-hybridized carbons (Fsp3) is 0.300. The number of rotatable bonds is 5. The van der Waals surface area contributed by atoms with Gasteiger partial charge in [-0.3, -0.25) is 4.79 Å². The first kappa shape index (κ1) is 20.0. The zero-order chi connectivity index (χ0) is 19.2. The molecule has 6 heteroatoms. The van der Waals surface area contributed by atoms with Gasteiger partial charge in [0, 0.05) is 22.3 Å². The number of ether oxygens (including phenoxy) is 1. The maximum atomic E-state index is 12.2. The van der Waals surface area contributed by atoms with Crippen molar-refractivity contribution in [1.82, 2.24) is 5.32 Å². The van der Waals surface area contributed by atoms with E-state index in [0.717, 1.165) is 15.7 Å². The van der Waals surface area contributed by atoms with Crippen molar-refractivity contribution in [3.63, 3.8) is 0 Å². The molecule has 0 bridgehead atoms. The molecule has 26 heavy (non-hydrogen) atoms. The van der Waals surface area contributed by atoms with Crippen molar-refractivity contribution < 1.29 is 14.3 Å². The Kier molecular flexibility index (Phi) is 6.80. The Bertz CT molecular complexity index is 750. The molecule has 2 aromatic carbocycles. The Morgan fingerprint density at radius 2 is 1.62 bits per heavy atom. The van der Waals surface area contributed by atoms with E-state index in [4.69, 9.17) is 4.74 Å². The van der Waals surface area contributed by atoms with Crippen LogP contribution in [0.1, 0.15) is 36.7 Å². The summed E-state index contributed by atoms with van der Waals surface area (Å²) in [5.74, 6) is -0.156. The van der Waals surface area contributed by atoms with Crippen LogP contribution in [-0.2, 0) is 11.2 Å². The first-order valence-corrected chi connectivity index (χ1v) is 9.15. The van der Waals surface area contributed by atoms with Crippen LogP contribution < -0.4 is 10.6 Å². The van der Waals surface area contributed by atoms with Crippen LogP contribution in [0.25, 0.3) is 0 Å². The van der Waals surface area contributed by atoms with E-state index >= 15 is 0 Å². The Morgan fingerprint density at radius 1 is 1.00 bits per heavy atom. The summed E-state index contributed by atoms with van der Waals surface area (Å²) in [6.07, 6.45) is 0.260. The van der Waals surface area contributed by atoms with Crippen LogP contribution in [0.15, 0.2) is 53.0 Å². The predicted octanol–water partition coefficient (Wildman–Crippen LogP) is 4.77. The summed E-state index contributed by atoms with van der Waals surface area (Å²) in [6, 6.07) is 14.7. The second-order valence-electron chi connectivity index (χ2n) is 6.84. The SMILES string of the molecule is CC(C)(C)OC(=O)NCCc1ccc(NC(=O)c2ccc(Br)cc2)cc1. The largest absolute Gasteiger partial charge is 0.444 e. The van der Waals surface area contributed by atoms with E-state index in [1.807, 2.05) is 57.2 Å². The molecule has 2 rings (SSSR count). The topological polar surface area (TPSA) is 67.4 Å². The summed E-state index contributed by atoms with van der Waals surface area (Å²) in [4.78, 5) is 23.8. The molecule has 0 aromatic heterocycles. The van der Waals surface area contributed by atoms with Gasteiger partial charge in [-0.1, -0.05) is 28.1 Å². The fourth-order valence-corrected chi connectivity index (χ4v) is 2.45. The van der Waals surface area contributed by atoms with Crippen molar-refractivity contribution in [3.8, 4) is 0 Å². The van der Waals surface area contributed by atoms with Gasteiger partial charge in [0.2, 0.25) is 0 Å². The zero-order valence-electron chi connectivity index (χ0n) is 15.1. The molecule has 138 valence electrons. The third-order valence-electron chi connectivity index (χ3n) is 3.40. The summed E-state index contributed by atoms with van der Waals surface area (Å²) in [5, 5.41) is 5.59. The lowest BCUT2D eigenvalue weighted by atomic mass is 10.1. The quantitative estimate of drug-likeness (QED) is 0.734. The van der Waals surface area contributed by atoms with Gasteiger partial charge in [-0.2, -0.15) is 0 Å². The smallest absolute Gasteiger partial charge is 0.407 e. The number of benzene rings is 2. The normalized spacial score (nSPS) is 10.9. The Morgan fingerprint density at radius 3 is 2.19 bits per heavy atom. The molecule has 0 fully saturated rings. The van der Waals surface area contributed by atoms with E-state index in [-0.39, 0.29) is 5.91 Å². The molecule has 2 amide bonds. The average Bonchev–Trinajstić information content (AvgIpc) is 2.55. The summed E-state index contributed by atoms with van der Waals surface area (Å²) in [6.45, 7) is 5.97. The van der Waals surface area contributed by atoms with Gasteiger partial charge < -0.3 is 15.4 Å².